The van der Waals surface area contributed by atoms with E-state index in [1.54, 1.807) is 31.6 Å². The molecule has 0 fully saturated rings. The molecule has 5 heteroatoms. The molecule has 4 nitrogen and oxygen atoms in total. The number of aromatic nitrogens is 2. The van der Waals surface area contributed by atoms with Gasteiger partial charge >= 0.3 is 5.69 Å². The number of rotatable bonds is 4. The Labute approximate surface area is 103 Å². The van der Waals surface area contributed by atoms with E-state index in [0.29, 0.717) is 0 Å². The van der Waals surface area contributed by atoms with E-state index >= 15 is 0 Å². The Morgan fingerprint density at radius 3 is 2.44 bits per heavy atom. The third-order valence-corrected chi connectivity index (χ3v) is 2.68. The number of halogens is 1. The van der Waals surface area contributed by atoms with E-state index in [4.69, 9.17) is 0 Å². The average molecular weight is 248 g/mol. The Balaban J connectivity index is 2.03. The maximum Gasteiger partial charge on any atom is 0.328 e. The highest BCUT2D eigenvalue weighted by atomic mass is 19.1. The minimum absolute atomic E-state index is 0.0387. The van der Waals surface area contributed by atoms with Crippen LogP contribution in [0.3, 0.4) is 0 Å². The topological polar surface area (TPSA) is 44.0 Å². The Bertz CT molecular complexity index is 611. The van der Waals surface area contributed by atoms with Gasteiger partial charge in [-0.15, -0.1) is 0 Å². The van der Waals surface area contributed by atoms with E-state index in [9.17, 15) is 14.0 Å². The maximum atomic E-state index is 12.7. The second kappa shape index (κ2) is 5.00. The van der Waals surface area contributed by atoms with Gasteiger partial charge < -0.3 is 4.57 Å². The van der Waals surface area contributed by atoms with Crippen molar-refractivity contribution in [3.05, 3.63) is 58.5 Å². The minimum atomic E-state index is -0.328. The molecule has 0 aliphatic carbocycles. The molecule has 0 radical (unpaired) electrons. The Morgan fingerprint density at radius 2 is 1.89 bits per heavy atom. The monoisotopic (exact) mass is 248 g/mol. The molecule has 0 amide bonds. The van der Waals surface area contributed by atoms with Gasteiger partial charge in [0.25, 0.3) is 0 Å². The van der Waals surface area contributed by atoms with Gasteiger partial charge in [-0.3, -0.25) is 9.36 Å². The molecule has 2 rings (SSSR count). The number of ketones is 1. The van der Waals surface area contributed by atoms with Crippen LogP contribution in [0.15, 0.2) is 41.5 Å². The first kappa shape index (κ1) is 12.3. The number of Topliss-reactive ketones (excluding diaryl/α,β-unsaturated/α-hetero) is 1. The molecule has 0 N–H and O–H groups in total. The summed E-state index contributed by atoms with van der Waals surface area (Å²) in [6.07, 6.45) is 3.38. The van der Waals surface area contributed by atoms with Crippen LogP contribution in [0.25, 0.3) is 0 Å². The van der Waals surface area contributed by atoms with E-state index in [1.165, 1.54) is 21.3 Å². The van der Waals surface area contributed by atoms with Crippen molar-refractivity contribution in [3.8, 4) is 0 Å². The van der Waals surface area contributed by atoms with Gasteiger partial charge in [0.15, 0.2) is 5.78 Å². The lowest BCUT2D eigenvalue weighted by Crippen LogP contribution is -2.25. The molecule has 0 aliphatic heterocycles. The first-order chi connectivity index (χ1) is 8.56. The predicted octanol–water partition coefficient (Wildman–Crippen LogP) is 1.14. The molecule has 94 valence electrons. The molecule has 0 spiro atoms. The van der Waals surface area contributed by atoms with E-state index in [0.717, 1.165) is 5.56 Å². The van der Waals surface area contributed by atoms with Gasteiger partial charge in [0.05, 0.1) is 6.54 Å². The van der Waals surface area contributed by atoms with Crippen LogP contribution in [0.1, 0.15) is 5.56 Å². The Morgan fingerprint density at radius 1 is 1.22 bits per heavy atom. The number of hydrogen-bond acceptors (Lipinski definition) is 2. The fraction of sp³-hybridized carbons (Fsp3) is 0.231. The SMILES string of the molecule is Cn1ccn(CC(=O)Cc2ccc(F)cc2)c1=O. The number of nitrogens with zero attached hydrogens (tertiary/aromatic N) is 2. The van der Waals surface area contributed by atoms with Crippen molar-refractivity contribution < 1.29 is 9.18 Å². The average Bonchev–Trinajstić information content (AvgIpc) is 2.64. The molecule has 0 saturated carbocycles. The minimum Gasteiger partial charge on any atom is -0.302 e. The van der Waals surface area contributed by atoms with Crippen molar-refractivity contribution in [2.24, 2.45) is 7.05 Å². The van der Waals surface area contributed by atoms with Gasteiger partial charge in [0.2, 0.25) is 0 Å². The molecule has 1 aromatic heterocycles. The molecule has 18 heavy (non-hydrogen) atoms. The standard InChI is InChI=1S/C13H13FN2O2/c1-15-6-7-16(13(15)18)9-12(17)8-10-2-4-11(14)5-3-10/h2-7H,8-9H2,1H3. The zero-order valence-electron chi connectivity index (χ0n) is 9.97. The number of imidazole rings is 1. The van der Waals surface area contributed by atoms with Crippen LogP contribution in [0.5, 0.6) is 0 Å². The Hall–Kier alpha value is -2.17. The lowest BCUT2D eigenvalue weighted by molar-refractivity contribution is -0.119. The number of aryl methyl sites for hydroxylation is 1. The van der Waals surface area contributed by atoms with Crippen LogP contribution in [-0.2, 0) is 24.8 Å². The molecule has 1 heterocycles. The molecule has 0 bridgehead atoms. The second-order valence-electron chi connectivity index (χ2n) is 4.16. The summed E-state index contributed by atoms with van der Waals surface area (Å²) in [6, 6.07) is 5.77. The van der Waals surface area contributed by atoms with E-state index in [-0.39, 0.29) is 30.3 Å². The molecular weight excluding hydrogens is 235 g/mol. The molecule has 2 aromatic rings. The number of hydrogen-bond donors (Lipinski definition) is 0. The summed E-state index contributed by atoms with van der Waals surface area (Å²) in [7, 11) is 1.63. The van der Waals surface area contributed by atoms with Crippen molar-refractivity contribution in [1.29, 1.82) is 0 Å². The van der Waals surface area contributed by atoms with Crippen molar-refractivity contribution in [1.82, 2.24) is 9.13 Å². The van der Waals surface area contributed by atoms with Crippen molar-refractivity contribution in [2.45, 2.75) is 13.0 Å². The fourth-order valence-electron chi connectivity index (χ4n) is 1.71. The van der Waals surface area contributed by atoms with E-state index in [1.807, 2.05) is 0 Å². The summed E-state index contributed by atoms with van der Waals surface area (Å²) in [6.45, 7) is 0.0387. The zero-order chi connectivity index (χ0) is 13.1. The molecular formula is C13H13FN2O2. The molecule has 0 saturated heterocycles. The predicted molar refractivity (Wildman–Crippen MR) is 64.8 cm³/mol. The molecule has 1 aromatic carbocycles. The highest BCUT2D eigenvalue weighted by molar-refractivity contribution is 5.80. The largest absolute Gasteiger partial charge is 0.328 e. The molecule has 0 atom stereocenters. The maximum absolute atomic E-state index is 12.7. The molecule has 0 unspecified atom stereocenters. The lowest BCUT2D eigenvalue weighted by atomic mass is 10.1. The van der Waals surface area contributed by atoms with E-state index in [2.05, 4.69) is 0 Å². The summed E-state index contributed by atoms with van der Waals surface area (Å²) in [5.74, 6) is -0.416. The summed E-state index contributed by atoms with van der Waals surface area (Å²) in [4.78, 5) is 23.3. The van der Waals surface area contributed by atoms with Gasteiger partial charge in [-0.05, 0) is 17.7 Å². The zero-order valence-corrected chi connectivity index (χ0v) is 9.97. The highest BCUT2D eigenvalue weighted by Gasteiger charge is 2.07. The normalized spacial score (nSPS) is 10.6. The van der Waals surface area contributed by atoms with Gasteiger partial charge in [-0.1, -0.05) is 12.1 Å². The van der Waals surface area contributed by atoms with Crippen molar-refractivity contribution in [3.63, 3.8) is 0 Å². The van der Waals surface area contributed by atoms with Crippen LogP contribution in [0.4, 0.5) is 4.39 Å². The van der Waals surface area contributed by atoms with E-state index < -0.39 is 0 Å². The summed E-state index contributed by atoms with van der Waals surface area (Å²) >= 11 is 0. The third kappa shape index (κ3) is 2.74. The van der Waals surface area contributed by atoms with Crippen LogP contribution in [0, 0.1) is 5.82 Å². The smallest absolute Gasteiger partial charge is 0.302 e. The van der Waals surface area contributed by atoms with Gasteiger partial charge in [-0.25, -0.2) is 9.18 Å². The Kier molecular flexibility index (Phi) is 3.41. The fourth-order valence-corrected chi connectivity index (χ4v) is 1.71. The van der Waals surface area contributed by atoms with Crippen LogP contribution >= 0.6 is 0 Å². The lowest BCUT2D eigenvalue weighted by Gasteiger charge is -2.02. The summed E-state index contributed by atoms with van der Waals surface area (Å²) < 4.78 is 15.5. The number of carbonyl (C=O) groups excluding carboxylic acids is 1. The van der Waals surface area contributed by atoms with Crippen LogP contribution in [0.2, 0.25) is 0 Å². The molecule has 0 aliphatic rings. The second-order valence-corrected chi connectivity index (χ2v) is 4.16. The highest BCUT2D eigenvalue weighted by Crippen LogP contribution is 2.04. The number of carbonyl (C=O) groups is 1. The third-order valence-electron chi connectivity index (χ3n) is 2.68. The van der Waals surface area contributed by atoms with Gasteiger partial charge in [0.1, 0.15) is 5.82 Å². The van der Waals surface area contributed by atoms with Crippen molar-refractivity contribution >= 4 is 5.78 Å². The van der Waals surface area contributed by atoms with Crippen LogP contribution in [-0.4, -0.2) is 14.9 Å². The van der Waals surface area contributed by atoms with Gasteiger partial charge in [-0.2, -0.15) is 0 Å². The van der Waals surface area contributed by atoms with Crippen molar-refractivity contribution in [2.75, 3.05) is 0 Å². The quantitative estimate of drug-likeness (QED) is 0.814. The first-order valence-corrected chi connectivity index (χ1v) is 5.54. The summed E-state index contributed by atoms with van der Waals surface area (Å²) in [5.41, 5.74) is 0.521. The first-order valence-electron chi connectivity index (χ1n) is 5.54. The summed E-state index contributed by atoms with van der Waals surface area (Å²) in [5, 5.41) is 0. The number of benzene rings is 1. The van der Waals surface area contributed by atoms with Crippen LogP contribution < -0.4 is 5.69 Å². The van der Waals surface area contributed by atoms with Gasteiger partial charge in [0, 0.05) is 25.9 Å².